The molecule has 0 aliphatic heterocycles. The van der Waals surface area contributed by atoms with Gasteiger partial charge in [-0.3, -0.25) is 10.2 Å². The van der Waals surface area contributed by atoms with E-state index in [-0.39, 0.29) is 28.7 Å². The molecule has 1 amide bonds. The lowest BCUT2D eigenvalue weighted by molar-refractivity contribution is -0.539. The van der Waals surface area contributed by atoms with Crippen LogP contribution >= 0.6 is 0 Å². The SMILES string of the molecule is C[NH2+]c1cc(F)ccc1C(=N)c1cnc2[nH]cc(C(=O)NC(C)c3ncco3)c2n1. The van der Waals surface area contributed by atoms with E-state index in [1.54, 1.807) is 19.3 Å². The molecule has 0 bridgehead atoms. The molecule has 4 aromatic rings. The molecule has 10 heteroatoms. The van der Waals surface area contributed by atoms with E-state index in [1.807, 2.05) is 0 Å². The molecule has 0 aliphatic rings. The Morgan fingerprint density at radius 3 is 2.90 bits per heavy atom. The van der Waals surface area contributed by atoms with Gasteiger partial charge in [0.1, 0.15) is 35.0 Å². The minimum atomic E-state index is -0.436. The Morgan fingerprint density at radius 1 is 1.33 bits per heavy atom. The van der Waals surface area contributed by atoms with Crippen molar-refractivity contribution in [3.63, 3.8) is 0 Å². The number of aromatic nitrogens is 4. The van der Waals surface area contributed by atoms with Crippen LogP contribution in [0.2, 0.25) is 0 Å². The predicted molar refractivity (Wildman–Crippen MR) is 106 cm³/mol. The van der Waals surface area contributed by atoms with Crippen molar-refractivity contribution in [2.24, 2.45) is 0 Å². The summed E-state index contributed by atoms with van der Waals surface area (Å²) >= 11 is 0. The predicted octanol–water partition coefficient (Wildman–Crippen LogP) is 1.82. The number of fused-ring (bicyclic) bond motifs is 1. The summed E-state index contributed by atoms with van der Waals surface area (Å²) in [6, 6.07) is 3.74. The number of rotatable bonds is 6. The van der Waals surface area contributed by atoms with Crippen molar-refractivity contribution in [1.29, 1.82) is 5.41 Å². The quantitative estimate of drug-likeness (QED) is 0.285. The van der Waals surface area contributed by atoms with Gasteiger partial charge in [0.25, 0.3) is 5.91 Å². The van der Waals surface area contributed by atoms with Crippen LogP contribution in [0.25, 0.3) is 11.2 Å². The molecule has 152 valence electrons. The molecule has 9 nitrogen and oxygen atoms in total. The number of aromatic amines is 1. The maximum atomic E-state index is 13.5. The Kier molecular flexibility index (Phi) is 5.07. The third-order valence-electron chi connectivity index (χ3n) is 4.65. The summed E-state index contributed by atoms with van der Waals surface area (Å²) in [5, 5.41) is 13.0. The molecule has 3 aromatic heterocycles. The molecule has 30 heavy (non-hydrogen) atoms. The molecule has 4 rings (SSSR count). The van der Waals surface area contributed by atoms with Crippen molar-refractivity contribution < 1.29 is 18.9 Å². The molecule has 1 unspecified atom stereocenters. The largest absolute Gasteiger partial charge is 0.447 e. The molecule has 0 aliphatic carbocycles. The van der Waals surface area contributed by atoms with Crippen LogP contribution < -0.4 is 10.6 Å². The second-order valence-corrected chi connectivity index (χ2v) is 6.62. The minimum Gasteiger partial charge on any atom is -0.447 e. The molecule has 0 radical (unpaired) electrons. The van der Waals surface area contributed by atoms with Crippen molar-refractivity contribution in [2.75, 3.05) is 7.05 Å². The maximum absolute atomic E-state index is 13.5. The lowest BCUT2D eigenvalue weighted by Crippen LogP contribution is -2.73. The number of quaternary nitrogens is 1. The lowest BCUT2D eigenvalue weighted by Gasteiger charge is -2.10. The van der Waals surface area contributed by atoms with Gasteiger partial charge in [-0.2, -0.15) is 0 Å². The topological polar surface area (TPSA) is 137 Å². The van der Waals surface area contributed by atoms with E-state index in [0.717, 1.165) is 0 Å². The van der Waals surface area contributed by atoms with E-state index in [4.69, 9.17) is 9.83 Å². The number of oxazole rings is 1. The highest BCUT2D eigenvalue weighted by molar-refractivity contribution is 6.13. The molecule has 3 heterocycles. The van der Waals surface area contributed by atoms with Crippen molar-refractivity contribution in [2.45, 2.75) is 13.0 Å². The number of nitrogens with one attached hydrogen (secondary N) is 3. The summed E-state index contributed by atoms with van der Waals surface area (Å²) in [7, 11) is 1.77. The van der Waals surface area contributed by atoms with Crippen LogP contribution in [0.1, 0.15) is 40.5 Å². The Bertz CT molecular complexity index is 1230. The van der Waals surface area contributed by atoms with Crippen molar-refractivity contribution in [1.82, 2.24) is 25.3 Å². The number of nitrogens with zero attached hydrogens (tertiary/aromatic N) is 3. The third-order valence-corrected chi connectivity index (χ3v) is 4.65. The summed E-state index contributed by atoms with van der Waals surface area (Å²) in [5.41, 5.74) is 2.48. The summed E-state index contributed by atoms with van der Waals surface area (Å²) in [4.78, 5) is 28.4. The summed E-state index contributed by atoms with van der Waals surface area (Å²) in [5.74, 6) is -0.378. The van der Waals surface area contributed by atoms with Gasteiger partial charge in [-0.25, -0.2) is 19.3 Å². The smallest absolute Gasteiger partial charge is 0.255 e. The molecule has 1 atom stereocenters. The van der Waals surface area contributed by atoms with Gasteiger partial charge >= 0.3 is 0 Å². The fourth-order valence-corrected chi connectivity index (χ4v) is 3.11. The molecule has 0 spiro atoms. The summed E-state index contributed by atoms with van der Waals surface area (Å²) in [6.45, 7) is 1.75. The number of nitrogens with two attached hydrogens (primary N) is 1. The first kappa shape index (κ1) is 19.4. The van der Waals surface area contributed by atoms with E-state index >= 15 is 0 Å². The van der Waals surface area contributed by atoms with Crippen LogP contribution in [0.15, 0.2) is 47.5 Å². The first-order chi connectivity index (χ1) is 14.5. The van der Waals surface area contributed by atoms with Gasteiger partial charge < -0.3 is 20.0 Å². The van der Waals surface area contributed by atoms with Gasteiger partial charge in [-0.05, 0) is 19.1 Å². The summed E-state index contributed by atoms with van der Waals surface area (Å²) in [6.07, 6.45) is 5.90. The van der Waals surface area contributed by atoms with E-state index in [2.05, 4.69) is 25.3 Å². The molecule has 0 fully saturated rings. The number of benzene rings is 1. The Hall–Kier alpha value is -3.92. The highest BCUT2D eigenvalue weighted by Crippen LogP contribution is 2.20. The van der Waals surface area contributed by atoms with E-state index in [9.17, 15) is 9.18 Å². The number of hydrogen-bond acceptors (Lipinski definition) is 6. The Morgan fingerprint density at radius 2 is 2.17 bits per heavy atom. The average Bonchev–Trinajstić information content (AvgIpc) is 3.42. The van der Waals surface area contributed by atoms with Crippen LogP contribution in [0.4, 0.5) is 10.1 Å². The monoisotopic (exact) mass is 408 g/mol. The van der Waals surface area contributed by atoms with Gasteiger partial charge in [0.15, 0.2) is 5.65 Å². The zero-order chi connectivity index (χ0) is 21.3. The third kappa shape index (κ3) is 3.55. The molecular formula is C20H19FN7O2+. The van der Waals surface area contributed by atoms with E-state index < -0.39 is 6.04 Å². The fourth-order valence-electron chi connectivity index (χ4n) is 3.11. The van der Waals surface area contributed by atoms with E-state index in [1.165, 1.54) is 43.1 Å². The minimum absolute atomic E-state index is 0.0817. The second kappa shape index (κ2) is 7.84. The first-order valence-corrected chi connectivity index (χ1v) is 9.20. The fraction of sp³-hybridized carbons (Fsp3) is 0.150. The Labute approximate surface area is 170 Å². The van der Waals surface area contributed by atoms with Crippen molar-refractivity contribution in [3.05, 3.63) is 71.6 Å². The maximum Gasteiger partial charge on any atom is 0.255 e. The normalized spacial score (nSPS) is 12.1. The van der Waals surface area contributed by atoms with Gasteiger partial charge in [-0.1, -0.05) is 0 Å². The number of carbonyl (C=O) groups excluding carboxylic acids is 1. The molecular weight excluding hydrogens is 389 g/mol. The highest BCUT2D eigenvalue weighted by atomic mass is 19.1. The second-order valence-electron chi connectivity index (χ2n) is 6.62. The zero-order valence-corrected chi connectivity index (χ0v) is 16.2. The molecule has 0 saturated carbocycles. The molecule has 0 saturated heterocycles. The van der Waals surface area contributed by atoms with Gasteiger partial charge in [0.05, 0.1) is 36.3 Å². The van der Waals surface area contributed by atoms with Crippen LogP contribution in [0.5, 0.6) is 0 Å². The standard InChI is InChI=1S/C20H18FN7O2/c1-10(20-24-5-6-30-20)27-19(29)13-8-25-18-17(13)28-15(9-26-18)16(22)12-4-3-11(21)7-14(12)23-2/h3-10,22-23H,1-2H3,(H,25,26)(H,27,29)/p+1. The van der Waals surface area contributed by atoms with Crippen LogP contribution in [0, 0.1) is 11.2 Å². The van der Waals surface area contributed by atoms with Crippen molar-refractivity contribution in [3.8, 4) is 0 Å². The molecule has 5 N–H and O–H groups in total. The number of halogens is 1. The average molecular weight is 408 g/mol. The molecule has 1 aromatic carbocycles. The number of amides is 1. The van der Waals surface area contributed by atoms with Crippen molar-refractivity contribution >= 4 is 28.5 Å². The van der Waals surface area contributed by atoms with Gasteiger partial charge in [0.2, 0.25) is 5.89 Å². The highest BCUT2D eigenvalue weighted by Gasteiger charge is 2.21. The number of hydrogen-bond donors (Lipinski definition) is 4. The zero-order valence-electron chi connectivity index (χ0n) is 16.2. The number of carbonyl (C=O) groups is 1. The van der Waals surface area contributed by atoms with Crippen LogP contribution in [0.3, 0.4) is 0 Å². The van der Waals surface area contributed by atoms with Crippen LogP contribution in [-0.4, -0.2) is 38.6 Å². The van der Waals surface area contributed by atoms with Gasteiger partial charge in [-0.15, -0.1) is 0 Å². The van der Waals surface area contributed by atoms with E-state index in [0.29, 0.717) is 28.3 Å². The summed E-state index contributed by atoms with van der Waals surface area (Å²) < 4.78 is 18.7. The lowest BCUT2D eigenvalue weighted by atomic mass is 10.1. The van der Waals surface area contributed by atoms with Crippen LogP contribution in [-0.2, 0) is 0 Å². The number of H-pyrrole nitrogens is 1. The Balaban J connectivity index is 1.66. The van der Waals surface area contributed by atoms with Gasteiger partial charge in [0, 0.05) is 12.3 Å². The first-order valence-electron chi connectivity index (χ1n) is 9.20.